The van der Waals surface area contributed by atoms with Gasteiger partial charge in [0, 0.05) is 23.2 Å². The second-order valence-electron chi connectivity index (χ2n) is 6.63. The number of ether oxygens (including phenoxy) is 1. The summed E-state index contributed by atoms with van der Waals surface area (Å²) >= 11 is 0. The molecule has 0 spiro atoms. The minimum Gasteiger partial charge on any atom is -0.489 e. The van der Waals surface area contributed by atoms with Gasteiger partial charge in [0.25, 0.3) is 0 Å². The molecule has 0 aliphatic carbocycles. The number of rotatable bonds is 8. The van der Waals surface area contributed by atoms with Gasteiger partial charge < -0.3 is 19.0 Å². The molecule has 2 rings (SSSR count). The summed E-state index contributed by atoms with van der Waals surface area (Å²) in [5.74, 6) is 0.855. The number of H-pyrrole nitrogens is 1. The van der Waals surface area contributed by atoms with Gasteiger partial charge in [-0.3, -0.25) is 0 Å². The summed E-state index contributed by atoms with van der Waals surface area (Å²) in [5.41, 5.74) is 1.66. The van der Waals surface area contributed by atoms with Crippen LogP contribution in [0.1, 0.15) is 48.0 Å². The number of hydrogen-bond donors (Lipinski definition) is 1. The van der Waals surface area contributed by atoms with Gasteiger partial charge in [-0.1, -0.05) is 19.1 Å². The minimum absolute atomic E-state index is 0.130. The molecule has 0 bridgehead atoms. The van der Waals surface area contributed by atoms with E-state index in [4.69, 9.17) is 14.0 Å². The number of para-hydroxylation sites is 1. The molecule has 1 N–H and O–H groups in total. The predicted molar refractivity (Wildman–Crippen MR) is 96.5 cm³/mol. The zero-order valence-corrected chi connectivity index (χ0v) is 15.1. The predicted octanol–water partition coefficient (Wildman–Crippen LogP) is 3.89. The van der Waals surface area contributed by atoms with Crippen LogP contribution in [0, 0.1) is 0 Å². The van der Waals surface area contributed by atoms with Crippen molar-refractivity contribution in [3.8, 4) is 5.75 Å². The molecule has 1 heterocycles. The van der Waals surface area contributed by atoms with Crippen molar-refractivity contribution in [2.24, 2.45) is 0 Å². The first-order chi connectivity index (χ1) is 10.9. The molecule has 0 atom stereocenters. The maximum Gasteiger partial charge on any atom is 0.511 e. The molecule has 4 nitrogen and oxygen atoms in total. The SMILES string of the molecule is CCOB(OC(C)(C)CC)c1cc2cccc(OC(C)C)c2[nH]1. The molecule has 126 valence electrons. The number of hydrogen-bond acceptors (Lipinski definition) is 3. The number of nitrogens with one attached hydrogen (secondary N) is 1. The lowest BCUT2D eigenvalue weighted by Gasteiger charge is -2.27. The Balaban J connectivity index is 2.36. The quantitative estimate of drug-likeness (QED) is 0.751. The Hall–Kier alpha value is -1.46. The topological polar surface area (TPSA) is 43.5 Å². The van der Waals surface area contributed by atoms with Gasteiger partial charge in [-0.2, -0.15) is 0 Å². The highest BCUT2D eigenvalue weighted by atomic mass is 16.6. The number of fused-ring (bicyclic) bond motifs is 1. The Bertz CT molecular complexity index is 636. The van der Waals surface area contributed by atoms with Gasteiger partial charge in [0.05, 0.1) is 11.6 Å². The van der Waals surface area contributed by atoms with Crippen LogP contribution in [0.4, 0.5) is 0 Å². The van der Waals surface area contributed by atoms with Crippen molar-refractivity contribution in [1.29, 1.82) is 0 Å². The Morgan fingerprint density at radius 2 is 1.96 bits per heavy atom. The summed E-state index contributed by atoms with van der Waals surface area (Å²) in [7, 11) is -0.408. The third-order valence-electron chi connectivity index (χ3n) is 3.85. The van der Waals surface area contributed by atoms with Crippen molar-refractivity contribution in [3.05, 3.63) is 24.3 Å². The van der Waals surface area contributed by atoms with Gasteiger partial charge in [-0.15, -0.1) is 0 Å². The number of aromatic nitrogens is 1. The van der Waals surface area contributed by atoms with Crippen LogP contribution in [-0.2, 0) is 9.31 Å². The molecule has 1 aromatic heterocycles. The van der Waals surface area contributed by atoms with Crippen LogP contribution in [0.5, 0.6) is 5.75 Å². The Morgan fingerprint density at radius 1 is 1.22 bits per heavy atom. The van der Waals surface area contributed by atoms with Crippen LogP contribution in [0.25, 0.3) is 10.9 Å². The molecular weight excluding hydrogens is 289 g/mol. The standard InChI is InChI=1S/C18H28BNO3/c1-7-18(5,6)23-19(21-8-2)16-12-14-10-9-11-15(17(14)20-16)22-13(3)4/h9-13,20H,7-8H2,1-6H3. The molecule has 0 aliphatic heterocycles. The summed E-state index contributed by atoms with van der Waals surface area (Å²) < 4.78 is 17.9. The van der Waals surface area contributed by atoms with E-state index in [1.165, 1.54) is 0 Å². The lowest BCUT2D eigenvalue weighted by Crippen LogP contribution is -2.44. The fraction of sp³-hybridized carbons (Fsp3) is 0.556. The van der Waals surface area contributed by atoms with E-state index >= 15 is 0 Å². The van der Waals surface area contributed by atoms with E-state index in [1.54, 1.807) is 0 Å². The van der Waals surface area contributed by atoms with E-state index in [1.807, 2.05) is 32.9 Å². The van der Waals surface area contributed by atoms with E-state index in [0.29, 0.717) is 6.61 Å². The van der Waals surface area contributed by atoms with E-state index in [-0.39, 0.29) is 11.7 Å². The molecule has 23 heavy (non-hydrogen) atoms. The zero-order chi connectivity index (χ0) is 17.0. The van der Waals surface area contributed by atoms with Gasteiger partial charge >= 0.3 is 7.12 Å². The fourth-order valence-electron chi connectivity index (χ4n) is 2.34. The molecule has 5 heteroatoms. The number of aromatic amines is 1. The van der Waals surface area contributed by atoms with Gasteiger partial charge in [0.1, 0.15) is 5.75 Å². The average Bonchev–Trinajstić information content (AvgIpc) is 2.91. The van der Waals surface area contributed by atoms with Gasteiger partial charge in [0.15, 0.2) is 0 Å². The lowest BCUT2D eigenvalue weighted by molar-refractivity contribution is 0.0703. The molecule has 0 unspecified atom stereocenters. The summed E-state index contributed by atoms with van der Waals surface area (Å²) in [4.78, 5) is 3.43. The van der Waals surface area contributed by atoms with Gasteiger partial charge in [-0.05, 0) is 53.2 Å². The van der Waals surface area contributed by atoms with E-state index in [2.05, 4.69) is 37.9 Å². The molecule has 2 aromatic rings. The van der Waals surface area contributed by atoms with Crippen LogP contribution < -0.4 is 10.3 Å². The maximum atomic E-state index is 6.17. The lowest BCUT2D eigenvalue weighted by atomic mass is 9.82. The summed E-state index contributed by atoms with van der Waals surface area (Å²) in [6.45, 7) is 12.9. The third kappa shape index (κ3) is 4.52. The van der Waals surface area contributed by atoms with Crippen LogP contribution >= 0.6 is 0 Å². The van der Waals surface area contributed by atoms with Crippen molar-refractivity contribution in [2.45, 2.75) is 59.7 Å². The molecule has 0 aliphatic rings. The van der Waals surface area contributed by atoms with E-state index in [0.717, 1.165) is 28.7 Å². The molecule has 0 amide bonds. The normalized spacial score (nSPS) is 12.1. The Labute approximate surface area is 139 Å². The molecule has 0 saturated heterocycles. The smallest absolute Gasteiger partial charge is 0.489 e. The highest BCUT2D eigenvalue weighted by Gasteiger charge is 2.30. The first-order valence-corrected chi connectivity index (χ1v) is 8.44. The van der Waals surface area contributed by atoms with Crippen molar-refractivity contribution >= 4 is 23.6 Å². The monoisotopic (exact) mass is 317 g/mol. The van der Waals surface area contributed by atoms with Crippen molar-refractivity contribution in [3.63, 3.8) is 0 Å². The van der Waals surface area contributed by atoms with Gasteiger partial charge in [-0.25, -0.2) is 0 Å². The molecule has 0 radical (unpaired) electrons. The summed E-state index contributed by atoms with van der Waals surface area (Å²) in [6, 6.07) is 8.13. The molecule has 0 fully saturated rings. The second kappa shape index (κ2) is 7.41. The van der Waals surface area contributed by atoms with Crippen molar-refractivity contribution in [1.82, 2.24) is 4.98 Å². The molecular formula is C18H28BNO3. The van der Waals surface area contributed by atoms with Crippen LogP contribution in [-0.4, -0.2) is 30.4 Å². The molecule has 1 aromatic carbocycles. The first kappa shape index (κ1) is 17.9. The summed E-state index contributed by atoms with van der Waals surface area (Å²) in [5, 5.41) is 1.10. The Morgan fingerprint density at radius 3 is 2.57 bits per heavy atom. The zero-order valence-electron chi connectivity index (χ0n) is 15.1. The second-order valence-corrected chi connectivity index (χ2v) is 6.63. The summed E-state index contributed by atoms with van der Waals surface area (Å²) in [6.07, 6.45) is 1.05. The maximum absolute atomic E-state index is 6.17. The molecule has 0 saturated carbocycles. The largest absolute Gasteiger partial charge is 0.511 e. The average molecular weight is 317 g/mol. The highest BCUT2D eigenvalue weighted by molar-refractivity contribution is 6.61. The van der Waals surface area contributed by atoms with Gasteiger partial charge in [0.2, 0.25) is 0 Å². The third-order valence-corrected chi connectivity index (χ3v) is 3.85. The van der Waals surface area contributed by atoms with Crippen LogP contribution in [0.2, 0.25) is 0 Å². The van der Waals surface area contributed by atoms with E-state index < -0.39 is 7.12 Å². The Kier molecular flexibility index (Phi) is 5.76. The minimum atomic E-state index is -0.408. The van der Waals surface area contributed by atoms with Crippen molar-refractivity contribution in [2.75, 3.05) is 6.61 Å². The highest BCUT2D eigenvalue weighted by Crippen LogP contribution is 2.25. The first-order valence-electron chi connectivity index (χ1n) is 8.44. The van der Waals surface area contributed by atoms with E-state index in [9.17, 15) is 0 Å². The van der Waals surface area contributed by atoms with Crippen molar-refractivity contribution < 1.29 is 14.0 Å². The van der Waals surface area contributed by atoms with Crippen LogP contribution in [0.15, 0.2) is 24.3 Å². The number of benzene rings is 1. The fourth-order valence-corrected chi connectivity index (χ4v) is 2.34. The van der Waals surface area contributed by atoms with Crippen LogP contribution in [0.3, 0.4) is 0 Å².